The highest BCUT2D eigenvalue weighted by Gasteiger charge is 2.11. The van der Waals surface area contributed by atoms with Crippen molar-refractivity contribution in [3.05, 3.63) is 74.7 Å². The van der Waals surface area contributed by atoms with E-state index in [0.29, 0.717) is 11.3 Å². The second-order valence-corrected chi connectivity index (χ2v) is 8.47. The van der Waals surface area contributed by atoms with Crippen LogP contribution < -0.4 is 20.9 Å². The maximum Gasteiger partial charge on any atom is 0.269 e. The van der Waals surface area contributed by atoms with Crippen molar-refractivity contribution in [1.82, 2.24) is 16.2 Å². The fourth-order valence-electron chi connectivity index (χ4n) is 2.66. The Morgan fingerprint density at radius 2 is 1.83 bits per heavy atom. The number of benzene rings is 3. The standard InChI is InChI=1S/C21H17Br2N3O3S/c1-12-3-2-4-14(9-12)20(28)25-26-21(30)24-18(27)11-29-17-8-5-13-10-15(22)6-7-16(13)19(17)23/h2-10H,11H2,1H3,(H,25,28)(H2,24,26,27,30). The number of nitrogens with one attached hydrogen (secondary N) is 3. The Kier molecular flexibility index (Phi) is 7.41. The quantitative estimate of drug-likeness (QED) is 0.332. The molecular formula is C21H17Br2N3O3S. The zero-order chi connectivity index (χ0) is 21.7. The highest BCUT2D eigenvalue weighted by atomic mass is 79.9. The van der Waals surface area contributed by atoms with E-state index in [1.165, 1.54) is 0 Å². The minimum absolute atomic E-state index is 0.0352. The number of hydrogen-bond donors (Lipinski definition) is 3. The molecule has 0 unspecified atom stereocenters. The fourth-order valence-corrected chi connectivity index (χ4v) is 3.81. The lowest BCUT2D eigenvalue weighted by atomic mass is 10.1. The van der Waals surface area contributed by atoms with Gasteiger partial charge in [0.2, 0.25) is 0 Å². The van der Waals surface area contributed by atoms with Crippen LogP contribution in [0.15, 0.2) is 63.5 Å². The van der Waals surface area contributed by atoms with E-state index in [2.05, 4.69) is 48.0 Å². The normalized spacial score (nSPS) is 10.4. The number of aryl methyl sites for hydroxylation is 1. The molecule has 0 radical (unpaired) electrons. The fraction of sp³-hybridized carbons (Fsp3) is 0.0952. The van der Waals surface area contributed by atoms with Crippen LogP contribution in [0.2, 0.25) is 0 Å². The summed E-state index contributed by atoms with van der Waals surface area (Å²) < 4.78 is 7.33. The highest BCUT2D eigenvalue weighted by Crippen LogP contribution is 2.34. The Bertz CT molecular complexity index is 1140. The predicted molar refractivity (Wildman–Crippen MR) is 127 cm³/mol. The average molecular weight is 551 g/mol. The van der Waals surface area contributed by atoms with Gasteiger partial charge in [-0.1, -0.05) is 45.8 Å². The van der Waals surface area contributed by atoms with Crippen molar-refractivity contribution < 1.29 is 14.3 Å². The first kappa shape index (κ1) is 22.2. The van der Waals surface area contributed by atoms with Gasteiger partial charge >= 0.3 is 0 Å². The predicted octanol–water partition coefficient (Wildman–Crippen LogP) is 4.39. The third kappa shape index (κ3) is 5.78. The number of carbonyl (C=O) groups is 2. The Morgan fingerprint density at radius 1 is 1.03 bits per heavy atom. The van der Waals surface area contributed by atoms with Gasteiger partial charge in [0.05, 0.1) is 4.47 Å². The molecule has 0 saturated heterocycles. The lowest BCUT2D eigenvalue weighted by molar-refractivity contribution is -0.121. The molecule has 0 aliphatic heterocycles. The number of thiocarbonyl (C=S) groups is 1. The van der Waals surface area contributed by atoms with E-state index in [9.17, 15) is 9.59 Å². The van der Waals surface area contributed by atoms with Crippen molar-refractivity contribution in [2.45, 2.75) is 6.92 Å². The summed E-state index contributed by atoms with van der Waals surface area (Å²) in [4.78, 5) is 24.2. The summed E-state index contributed by atoms with van der Waals surface area (Å²) in [5.74, 6) is -0.287. The van der Waals surface area contributed by atoms with E-state index in [1.54, 1.807) is 24.3 Å². The summed E-state index contributed by atoms with van der Waals surface area (Å²) >= 11 is 12.0. The summed E-state index contributed by atoms with van der Waals surface area (Å²) in [6.07, 6.45) is 0. The number of hydrogen-bond acceptors (Lipinski definition) is 4. The largest absolute Gasteiger partial charge is 0.483 e. The zero-order valence-electron chi connectivity index (χ0n) is 15.8. The van der Waals surface area contributed by atoms with Gasteiger partial charge in [-0.25, -0.2) is 0 Å². The summed E-state index contributed by atoms with van der Waals surface area (Å²) in [6.45, 7) is 1.65. The third-order valence-corrected chi connectivity index (χ3v) is 5.58. The van der Waals surface area contributed by atoms with Gasteiger partial charge in [0.1, 0.15) is 5.75 Å². The van der Waals surface area contributed by atoms with Gasteiger partial charge in [0, 0.05) is 10.0 Å². The van der Waals surface area contributed by atoms with Crippen LogP contribution >= 0.6 is 44.1 Å². The first-order valence-corrected chi connectivity index (χ1v) is 10.8. The smallest absolute Gasteiger partial charge is 0.269 e. The van der Waals surface area contributed by atoms with Gasteiger partial charge in [0.25, 0.3) is 11.8 Å². The minimum atomic E-state index is -0.458. The Labute approximate surface area is 195 Å². The first-order chi connectivity index (χ1) is 14.3. The van der Waals surface area contributed by atoms with Gasteiger partial charge in [-0.15, -0.1) is 0 Å². The topological polar surface area (TPSA) is 79.5 Å². The Hall–Kier alpha value is -2.49. The van der Waals surface area contributed by atoms with E-state index in [0.717, 1.165) is 25.3 Å². The van der Waals surface area contributed by atoms with Gasteiger partial charge in [0.15, 0.2) is 11.7 Å². The van der Waals surface area contributed by atoms with E-state index < -0.39 is 5.91 Å². The molecular weight excluding hydrogens is 534 g/mol. The van der Waals surface area contributed by atoms with Crippen LogP contribution in [0.25, 0.3) is 10.8 Å². The van der Waals surface area contributed by atoms with Crippen LogP contribution in [-0.4, -0.2) is 23.5 Å². The third-order valence-electron chi connectivity index (χ3n) is 4.06. The summed E-state index contributed by atoms with van der Waals surface area (Å²) in [6, 6.07) is 16.7. The molecule has 0 aliphatic carbocycles. The van der Waals surface area contributed by atoms with Gasteiger partial charge < -0.3 is 4.74 Å². The molecule has 9 heteroatoms. The van der Waals surface area contributed by atoms with E-state index in [1.807, 2.05) is 37.3 Å². The number of amides is 2. The maximum atomic E-state index is 12.1. The number of carbonyl (C=O) groups excluding carboxylic acids is 2. The van der Waals surface area contributed by atoms with E-state index in [4.69, 9.17) is 17.0 Å². The van der Waals surface area contributed by atoms with E-state index in [-0.39, 0.29) is 17.6 Å². The number of hydrazine groups is 1. The molecule has 0 bridgehead atoms. The number of ether oxygens (including phenoxy) is 1. The second-order valence-electron chi connectivity index (χ2n) is 6.36. The lowest BCUT2D eigenvalue weighted by Crippen LogP contribution is -2.49. The van der Waals surface area contributed by atoms with Crippen molar-refractivity contribution in [3.8, 4) is 5.75 Å². The number of halogens is 2. The molecule has 3 rings (SSSR count). The molecule has 0 heterocycles. The van der Waals surface area contributed by atoms with Crippen LogP contribution in [0.3, 0.4) is 0 Å². The van der Waals surface area contributed by atoms with Crippen molar-refractivity contribution in [1.29, 1.82) is 0 Å². The Morgan fingerprint density at radius 3 is 2.60 bits per heavy atom. The summed E-state index contributed by atoms with van der Waals surface area (Å²) in [7, 11) is 0. The molecule has 2 amide bonds. The highest BCUT2D eigenvalue weighted by molar-refractivity contribution is 9.11. The second kappa shape index (κ2) is 10.0. The molecule has 3 aromatic rings. The van der Waals surface area contributed by atoms with Gasteiger partial charge in [-0.3, -0.25) is 25.8 Å². The van der Waals surface area contributed by atoms with Crippen LogP contribution in [0.5, 0.6) is 5.75 Å². The number of fused-ring (bicyclic) bond motifs is 1. The molecule has 0 aliphatic rings. The first-order valence-electron chi connectivity index (χ1n) is 8.81. The molecule has 0 aromatic heterocycles. The average Bonchev–Trinajstić information content (AvgIpc) is 2.71. The van der Waals surface area contributed by atoms with Crippen LogP contribution in [0.4, 0.5) is 0 Å². The monoisotopic (exact) mass is 549 g/mol. The minimum Gasteiger partial charge on any atom is -0.483 e. The van der Waals surface area contributed by atoms with Gasteiger partial charge in [-0.2, -0.15) is 0 Å². The molecule has 0 atom stereocenters. The Balaban J connectivity index is 1.50. The van der Waals surface area contributed by atoms with Crippen molar-refractivity contribution >= 4 is 71.8 Å². The SMILES string of the molecule is Cc1cccc(C(=O)NNC(=S)NC(=O)COc2ccc3cc(Br)ccc3c2Br)c1. The molecule has 0 saturated carbocycles. The molecule has 30 heavy (non-hydrogen) atoms. The number of rotatable bonds is 4. The van der Waals surface area contributed by atoms with Crippen LogP contribution in [0, 0.1) is 6.92 Å². The summed E-state index contributed by atoms with van der Waals surface area (Å²) in [5.41, 5.74) is 6.38. The van der Waals surface area contributed by atoms with Crippen LogP contribution in [-0.2, 0) is 4.79 Å². The molecule has 0 fully saturated rings. The molecule has 0 spiro atoms. The zero-order valence-corrected chi connectivity index (χ0v) is 19.8. The van der Waals surface area contributed by atoms with Gasteiger partial charge in [-0.05, 0) is 76.2 Å². The molecule has 154 valence electrons. The molecule has 6 nitrogen and oxygen atoms in total. The van der Waals surface area contributed by atoms with E-state index >= 15 is 0 Å². The van der Waals surface area contributed by atoms with Crippen molar-refractivity contribution in [3.63, 3.8) is 0 Å². The van der Waals surface area contributed by atoms with Crippen molar-refractivity contribution in [2.24, 2.45) is 0 Å². The molecule has 3 N–H and O–H groups in total. The van der Waals surface area contributed by atoms with Crippen LogP contribution in [0.1, 0.15) is 15.9 Å². The van der Waals surface area contributed by atoms with Crippen molar-refractivity contribution in [2.75, 3.05) is 6.61 Å². The lowest BCUT2D eigenvalue weighted by Gasteiger charge is -2.13. The summed E-state index contributed by atoms with van der Waals surface area (Å²) in [5, 5.41) is 4.41. The molecule has 3 aromatic carbocycles. The maximum absolute atomic E-state index is 12.1.